The zero-order valence-corrected chi connectivity index (χ0v) is 13.8. The molecular formula is C12H18BrN3O3S. The highest BCUT2D eigenvalue weighted by Crippen LogP contribution is 2.24. The van der Waals surface area contributed by atoms with E-state index >= 15 is 0 Å². The minimum absolute atomic E-state index is 0.118. The molecule has 2 atom stereocenters. The molecule has 1 aliphatic heterocycles. The Labute approximate surface area is 127 Å². The quantitative estimate of drug-likeness (QED) is 0.832. The van der Waals surface area contributed by atoms with Crippen molar-refractivity contribution < 1.29 is 13.2 Å². The van der Waals surface area contributed by atoms with Gasteiger partial charge < -0.3 is 10.1 Å². The lowest BCUT2D eigenvalue weighted by atomic mass is 10.2. The molecule has 112 valence electrons. The Hall–Kier alpha value is -0.700. The first-order valence-corrected chi connectivity index (χ1v) is 8.75. The van der Waals surface area contributed by atoms with Gasteiger partial charge in [-0.1, -0.05) is 0 Å². The van der Waals surface area contributed by atoms with Gasteiger partial charge in [0, 0.05) is 23.8 Å². The van der Waals surface area contributed by atoms with Crippen LogP contribution in [0.4, 0.5) is 5.82 Å². The van der Waals surface area contributed by atoms with Crippen molar-refractivity contribution in [2.24, 2.45) is 0 Å². The van der Waals surface area contributed by atoms with Crippen molar-refractivity contribution in [2.75, 3.05) is 18.5 Å². The molecule has 8 heteroatoms. The van der Waals surface area contributed by atoms with E-state index in [1.54, 1.807) is 12.3 Å². The van der Waals surface area contributed by atoms with E-state index < -0.39 is 10.0 Å². The first kappa shape index (κ1) is 15.7. The van der Waals surface area contributed by atoms with Gasteiger partial charge in [0.15, 0.2) is 0 Å². The summed E-state index contributed by atoms with van der Waals surface area (Å²) in [6, 6.07) is 1.35. The minimum Gasteiger partial charge on any atom is -0.377 e. The molecule has 0 bridgehead atoms. The predicted octanol–water partition coefficient (Wildman–Crippen LogP) is 1.73. The molecule has 0 saturated carbocycles. The molecule has 0 radical (unpaired) electrons. The molecule has 0 aromatic carbocycles. The number of pyridine rings is 1. The molecule has 0 aliphatic carbocycles. The number of ether oxygens (including phenoxy) is 1. The summed E-state index contributed by atoms with van der Waals surface area (Å²) in [6.45, 7) is 4.93. The largest absolute Gasteiger partial charge is 0.377 e. The summed E-state index contributed by atoms with van der Waals surface area (Å²) in [4.78, 5) is 4.27. The first-order valence-electron chi connectivity index (χ1n) is 6.47. The Morgan fingerprint density at radius 1 is 1.55 bits per heavy atom. The monoisotopic (exact) mass is 363 g/mol. The van der Waals surface area contributed by atoms with Crippen LogP contribution in [0.1, 0.15) is 20.3 Å². The zero-order valence-electron chi connectivity index (χ0n) is 11.4. The highest BCUT2D eigenvalue weighted by Gasteiger charge is 2.30. The second-order valence-corrected chi connectivity index (χ2v) is 7.22. The van der Waals surface area contributed by atoms with Crippen LogP contribution in [0.5, 0.6) is 0 Å². The maximum atomic E-state index is 12.5. The minimum atomic E-state index is -3.64. The third kappa shape index (κ3) is 3.49. The van der Waals surface area contributed by atoms with Crippen LogP contribution in [0.3, 0.4) is 0 Å². The molecule has 2 rings (SSSR count). The summed E-state index contributed by atoms with van der Waals surface area (Å²) in [7, 11) is -3.64. The van der Waals surface area contributed by atoms with Crippen molar-refractivity contribution in [1.29, 1.82) is 0 Å². The Balaban J connectivity index is 2.30. The summed E-state index contributed by atoms with van der Waals surface area (Å²) in [5.74, 6) is 0.356. The Morgan fingerprint density at radius 3 is 2.90 bits per heavy atom. The SMILES string of the molecule is CCNc1ncc(Br)cc1S(=O)(=O)NC1CCOC1C. The predicted molar refractivity (Wildman–Crippen MR) is 80.2 cm³/mol. The standard InChI is InChI=1S/C12H18BrN3O3S/c1-3-14-12-11(6-9(13)7-15-12)20(17,18)16-10-4-5-19-8(10)2/h6-8,10,16H,3-5H2,1-2H3,(H,14,15). The molecule has 1 aliphatic rings. The van der Waals surface area contributed by atoms with Gasteiger partial charge >= 0.3 is 0 Å². The number of hydrogen-bond acceptors (Lipinski definition) is 5. The third-order valence-electron chi connectivity index (χ3n) is 3.14. The molecular weight excluding hydrogens is 346 g/mol. The lowest BCUT2D eigenvalue weighted by Gasteiger charge is -2.17. The molecule has 1 aromatic rings. The van der Waals surface area contributed by atoms with E-state index in [0.29, 0.717) is 29.9 Å². The Kier molecular flexibility index (Phi) is 5.00. The van der Waals surface area contributed by atoms with E-state index in [1.807, 2.05) is 13.8 Å². The smallest absolute Gasteiger partial charge is 0.244 e. The molecule has 0 spiro atoms. The van der Waals surface area contributed by atoms with Gasteiger partial charge in [-0.2, -0.15) is 0 Å². The number of halogens is 1. The number of anilines is 1. The van der Waals surface area contributed by atoms with Crippen molar-refractivity contribution in [1.82, 2.24) is 9.71 Å². The van der Waals surface area contributed by atoms with Gasteiger partial charge in [-0.3, -0.25) is 0 Å². The lowest BCUT2D eigenvalue weighted by Crippen LogP contribution is -2.39. The molecule has 2 N–H and O–H groups in total. The maximum absolute atomic E-state index is 12.5. The van der Waals surface area contributed by atoms with E-state index in [-0.39, 0.29) is 17.0 Å². The van der Waals surface area contributed by atoms with Gasteiger partial charge in [0.1, 0.15) is 10.7 Å². The van der Waals surface area contributed by atoms with Crippen LogP contribution in [-0.2, 0) is 14.8 Å². The molecule has 0 amide bonds. The number of nitrogens with zero attached hydrogens (tertiary/aromatic N) is 1. The molecule has 1 fully saturated rings. The van der Waals surface area contributed by atoms with Gasteiger partial charge in [0.2, 0.25) is 10.0 Å². The fourth-order valence-electron chi connectivity index (χ4n) is 2.08. The number of hydrogen-bond donors (Lipinski definition) is 2. The summed E-state index contributed by atoms with van der Waals surface area (Å²) in [5, 5.41) is 2.96. The van der Waals surface area contributed by atoms with E-state index in [1.165, 1.54) is 0 Å². The summed E-state index contributed by atoms with van der Waals surface area (Å²) in [5.41, 5.74) is 0. The van der Waals surface area contributed by atoms with Crippen molar-refractivity contribution in [3.05, 3.63) is 16.7 Å². The normalized spacial score (nSPS) is 22.9. The zero-order chi connectivity index (χ0) is 14.8. The second-order valence-electron chi connectivity index (χ2n) is 4.62. The second kappa shape index (κ2) is 6.38. The van der Waals surface area contributed by atoms with Crippen LogP contribution >= 0.6 is 15.9 Å². The van der Waals surface area contributed by atoms with Crippen molar-refractivity contribution in [2.45, 2.75) is 37.3 Å². The maximum Gasteiger partial charge on any atom is 0.244 e. The van der Waals surface area contributed by atoms with Gasteiger partial charge in [0.05, 0.1) is 12.1 Å². The topological polar surface area (TPSA) is 80.3 Å². The van der Waals surface area contributed by atoms with Gasteiger partial charge in [-0.05, 0) is 42.3 Å². The Morgan fingerprint density at radius 2 is 2.30 bits per heavy atom. The summed E-state index contributed by atoms with van der Waals surface area (Å²) in [6.07, 6.45) is 2.13. The van der Waals surface area contributed by atoms with E-state index in [0.717, 1.165) is 0 Å². The molecule has 20 heavy (non-hydrogen) atoms. The van der Waals surface area contributed by atoms with Gasteiger partial charge in [-0.25, -0.2) is 18.1 Å². The highest BCUT2D eigenvalue weighted by molar-refractivity contribution is 9.10. The van der Waals surface area contributed by atoms with Gasteiger partial charge in [0.25, 0.3) is 0 Å². The third-order valence-corrected chi connectivity index (χ3v) is 5.07. The molecule has 6 nitrogen and oxygen atoms in total. The van der Waals surface area contributed by atoms with Crippen molar-refractivity contribution >= 4 is 31.8 Å². The van der Waals surface area contributed by atoms with E-state index in [4.69, 9.17) is 4.74 Å². The highest BCUT2D eigenvalue weighted by atomic mass is 79.9. The average molecular weight is 364 g/mol. The number of rotatable bonds is 5. The first-order chi connectivity index (χ1) is 9.44. The fraction of sp³-hybridized carbons (Fsp3) is 0.583. The molecule has 1 aromatic heterocycles. The van der Waals surface area contributed by atoms with Crippen molar-refractivity contribution in [3.63, 3.8) is 0 Å². The van der Waals surface area contributed by atoms with Crippen LogP contribution in [0.25, 0.3) is 0 Å². The number of nitrogens with one attached hydrogen (secondary N) is 2. The van der Waals surface area contributed by atoms with Crippen LogP contribution in [0.15, 0.2) is 21.6 Å². The van der Waals surface area contributed by atoms with Crippen LogP contribution in [-0.4, -0.2) is 38.7 Å². The molecule has 2 heterocycles. The van der Waals surface area contributed by atoms with Crippen LogP contribution in [0.2, 0.25) is 0 Å². The fourth-order valence-corrected chi connectivity index (χ4v) is 4.05. The van der Waals surface area contributed by atoms with E-state index in [9.17, 15) is 8.42 Å². The summed E-state index contributed by atoms with van der Waals surface area (Å²) < 4.78 is 33.7. The average Bonchev–Trinajstić information content (AvgIpc) is 2.77. The van der Waals surface area contributed by atoms with Crippen LogP contribution in [0, 0.1) is 0 Å². The number of sulfonamides is 1. The number of aromatic nitrogens is 1. The molecule has 1 saturated heterocycles. The van der Waals surface area contributed by atoms with Crippen LogP contribution < -0.4 is 10.0 Å². The summed E-state index contributed by atoms with van der Waals surface area (Å²) >= 11 is 3.26. The van der Waals surface area contributed by atoms with Gasteiger partial charge in [-0.15, -0.1) is 0 Å². The Bertz CT molecular complexity index is 579. The van der Waals surface area contributed by atoms with E-state index in [2.05, 4.69) is 31.0 Å². The molecule has 2 unspecified atom stereocenters. The lowest BCUT2D eigenvalue weighted by molar-refractivity contribution is 0.117. The van der Waals surface area contributed by atoms with Crippen molar-refractivity contribution in [3.8, 4) is 0 Å².